The zero-order valence-electron chi connectivity index (χ0n) is 12.2. The van der Waals surface area contributed by atoms with E-state index in [-0.39, 0.29) is 12.3 Å². The van der Waals surface area contributed by atoms with Gasteiger partial charge in [0.25, 0.3) is 5.91 Å². The first-order valence-corrected chi connectivity index (χ1v) is 7.32. The van der Waals surface area contributed by atoms with Crippen LogP contribution in [-0.4, -0.2) is 29.1 Å². The van der Waals surface area contributed by atoms with Crippen molar-refractivity contribution in [2.24, 2.45) is 0 Å². The zero-order chi connectivity index (χ0) is 15.3. The first-order valence-electron chi connectivity index (χ1n) is 7.32. The molecule has 114 valence electrons. The molecular weight excluding hydrogens is 270 g/mol. The Labute approximate surface area is 124 Å². The standard InChI is InChI=1S/C16H21NO4/c1-2-21-13-8-4-3-7-12(13)15(20)17-16(11-14(18)19)9-5-6-10-16/h3-4,7-8H,2,5-6,9-11H2,1H3,(H,17,20)(H,18,19). The van der Waals surface area contributed by atoms with E-state index in [0.717, 1.165) is 12.8 Å². The summed E-state index contributed by atoms with van der Waals surface area (Å²) >= 11 is 0. The molecule has 1 aromatic rings. The molecule has 1 aliphatic carbocycles. The molecule has 1 saturated carbocycles. The predicted octanol–water partition coefficient (Wildman–Crippen LogP) is 2.60. The number of rotatable bonds is 6. The molecule has 1 fully saturated rings. The minimum atomic E-state index is -0.879. The van der Waals surface area contributed by atoms with Crippen molar-refractivity contribution >= 4 is 11.9 Å². The van der Waals surface area contributed by atoms with Gasteiger partial charge in [-0.3, -0.25) is 9.59 Å². The highest BCUT2D eigenvalue weighted by atomic mass is 16.5. The molecule has 0 saturated heterocycles. The Hall–Kier alpha value is -2.04. The van der Waals surface area contributed by atoms with Gasteiger partial charge in [-0.2, -0.15) is 0 Å². The van der Waals surface area contributed by atoms with Crippen LogP contribution in [0.3, 0.4) is 0 Å². The van der Waals surface area contributed by atoms with Gasteiger partial charge in [0.1, 0.15) is 5.75 Å². The molecule has 1 aliphatic rings. The van der Waals surface area contributed by atoms with E-state index in [9.17, 15) is 9.59 Å². The van der Waals surface area contributed by atoms with E-state index < -0.39 is 11.5 Å². The molecule has 0 spiro atoms. The molecule has 0 heterocycles. The Morgan fingerprint density at radius 2 is 1.95 bits per heavy atom. The van der Waals surface area contributed by atoms with Crippen LogP contribution in [0.15, 0.2) is 24.3 Å². The lowest BCUT2D eigenvalue weighted by atomic mass is 9.92. The topological polar surface area (TPSA) is 75.6 Å². The van der Waals surface area contributed by atoms with E-state index in [1.807, 2.05) is 13.0 Å². The van der Waals surface area contributed by atoms with Crippen molar-refractivity contribution in [3.05, 3.63) is 29.8 Å². The van der Waals surface area contributed by atoms with Gasteiger partial charge in [-0.05, 0) is 31.9 Å². The molecule has 21 heavy (non-hydrogen) atoms. The quantitative estimate of drug-likeness (QED) is 0.844. The van der Waals surface area contributed by atoms with Crippen LogP contribution in [0.4, 0.5) is 0 Å². The third-order valence-corrected chi connectivity index (χ3v) is 3.86. The number of amides is 1. The third-order valence-electron chi connectivity index (χ3n) is 3.86. The smallest absolute Gasteiger partial charge is 0.305 e. The highest BCUT2D eigenvalue weighted by molar-refractivity contribution is 5.97. The van der Waals surface area contributed by atoms with Crippen LogP contribution >= 0.6 is 0 Å². The van der Waals surface area contributed by atoms with Crippen molar-refractivity contribution in [1.82, 2.24) is 5.32 Å². The SMILES string of the molecule is CCOc1ccccc1C(=O)NC1(CC(=O)O)CCCC1. The van der Waals surface area contributed by atoms with Crippen molar-refractivity contribution in [3.63, 3.8) is 0 Å². The second-order valence-corrected chi connectivity index (χ2v) is 5.44. The van der Waals surface area contributed by atoms with Crippen molar-refractivity contribution < 1.29 is 19.4 Å². The summed E-state index contributed by atoms with van der Waals surface area (Å²) in [6.45, 7) is 2.34. The molecule has 0 atom stereocenters. The van der Waals surface area contributed by atoms with Crippen LogP contribution in [0.1, 0.15) is 49.4 Å². The number of carboxylic acids is 1. The van der Waals surface area contributed by atoms with Gasteiger partial charge in [0.05, 0.1) is 24.1 Å². The van der Waals surface area contributed by atoms with Gasteiger partial charge in [0.2, 0.25) is 0 Å². The maximum atomic E-state index is 12.5. The van der Waals surface area contributed by atoms with Gasteiger partial charge >= 0.3 is 5.97 Å². The monoisotopic (exact) mass is 291 g/mol. The summed E-state index contributed by atoms with van der Waals surface area (Å²) < 4.78 is 5.46. The number of para-hydroxylation sites is 1. The molecule has 0 aromatic heterocycles. The predicted molar refractivity (Wildman–Crippen MR) is 78.5 cm³/mol. The molecule has 0 radical (unpaired) electrons. The van der Waals surface area contributed by atoms with Crippen LogP contribution in [0.5, 0.6) is 5.75 Å². The van der Waals surface area contributed by atoms with Crippen molar-refractivity contribution in [1.29, 1.82) is 0 Å². The van der Waals surface area contributed by atoms with Gasteiger partial charge in [0, 0.05) is 0 Å². The van der Waals surface area contributed by atoms with Crippen LogP contribution in [-0.2, 0) is 4.79 Å². The summed E-state index contributed by atoms with van der Waals surface area (Å²) in [7, 11) is 0. The highest BCUT2D eigenvalue weighted by Gasteiger charge is 2.37. The lowest BCUT2D eigenvalue weighted by molar-refractivity contribution is -0.138. The lowest BCUT2D eigenvalue weighted by Crippen LogP contribution is -2.47. The molecule has 2 N–H and O–H groups in total. The number of ether oxygens (including phenoxy) is 1. The first-order chi connectivity index (χ1) is 10.1. The fourth-order valence-electron chi connectivity index (χ4n) is 2.93. The number of carboxylic acid groups (broad SMARTS) is 1. The summed E-state index contributed by atoms with van der Waals surface area (Å²) in [5, 5.41) is 12.0. The van der Waals surface area contributed by atoms with E-state index in [4.69, 9.17) is 9.84 Å². The maximum Gasteiger partial charge on any atom is 0.305 e. The molecule has 5 nitrogen and oxygen atoms in total. The molecule has 1 amide bonds. The molecule has 0 aliphatic heterocycles. The second-order valence-electron chi connectivity index (χ2n) is 5.44. The fraction of sp³-hybridized carbons (Fsp3) is 0.500. The Morgan fingerprint density at radius 1 is 1.29 bits per heavy atom. The highest BCUT2D eigenvalue weighted by Crippen LogP contribution is 2.33. The van der Waals surface area contributed by atoms with Crippen LogP contribution in [0.25, 0.3) is 0 Å². The van der Waals surface area contributed by atoms with Gasteiger partial charge in [-0.25, -0.2) is 0 Å². The van der Waals surface area contributed by atoms with Gasteiger partial charge in [0.15, 0.2) is 0 Å². The second kappa shape index (κ2) is 6.61. The molecule has 0 bridgehead atoms. The Morgan fingerprint density at radius 3 is 2.57 bits per heavy atom. The molecule has 2 rings (SSSR count). The Balaban J connectivity index is 2.18. The summed E-state index contributed by atoms with van der Waals surface area (Å²) in [6.07, 6.45) is 3.28. The fourth-order valence-corrected chi connectivity index (χ4v) is 2.93. The van der Waals surface area contributed by atoms with Crippen LogP contribution < -0.4 is 10.1 Å². The maximum absolute atomic E-state index is 12.5. The number of aliphatic carboxylic acids is 1. The van der Waals surface area contributed by atoms with Crippen molar-refractivity contribution in [3.8, 4) is 5.75 Å². The number of hydrogen-bond donors (Lipinski definition) is 2. The lowest BCUT2D eigenvalue weighted by Gasteiger charge is -2.29. The first kappa shape index (κ1) is 15.4. The van der Waals surface area contributed by atoms with Gasteiger partial charge < -0.3 is 15.2 Å². The number of hydrogen-bond acceptors (Lipinski definition) is 3. The summed E-state index contributed by atoms with van der Waals surface area (Å²) in [5.41, 5.74) is -0.168. The van der Waals surface area contributed by atoms with Crippen molar-refractivity contribution in [2.45, 2.75) is 44.6 Å². The van der Waals surface area contributed by atoms with Crippen LogP contribution in [0.2, 0.25) is 0 Å². The summed E-state index contributed by atoms with van der Waals surface area (Å²) in [5.74, 6) is -0.613. The van der Waals surface area contributed by atoms with E-state index in [1.165, 1.54) is 0 Å². The number of nitrogens with one attached hydrogen (secondary N) is 1. The zero-order valence-corrected chi connectivity index (χ0v) is 12.2. The summed E-state index contributed by atoms with van der Waals surface area (Å²) in [4.78, 5) is 23.6. The number of benzene rings is 1. The van der Waals surface area contributed by atoms with Crippen LogP contribution in [0, 0.1) is 0 Å². The number of carbonyl (C=O) groups is 2. The Kier molecular flexibility index (Phi) is 4.83. The van der Waals surface area contributed by atoms with E-state index >= 15 is 0 Å². The third kappa shape index (κ3) is 3.74. The van der Waals surface area contributed by atoms with Gasteiger partial charge in [-0.15, -0.1) is 0 Å². The molecule has 0 unspecified atom stereocenters. The Bertz CT molecular complexity index is 521. The average Bonchev–Trinajstić information content (AvgIpc) is 2.87. The van der Waals surface area contributed by atoms with E-state index in [1.54, 1.807) is 18.2 Å². The van der Waals surface area contributed by atoms with Crippen molar-refractivity contribution in [2.75, 3.05) is 6.61 Å². The average molecular weight is 291 g/mol. The summed E-state index contributed by atoms with van der Waals surface area (Å²) in [6, 6.07) is 7.03. The molecule has 5 heteroatoms. The molecular formula is C16H21NO4. The largest absolute Gasteiger partial charge is 0.493 e. The normalized spacial score (nSPS) is 16.4. The minimum absolute atomic E-state index is 0.0322. The number of carbonyl (C=O) groups excluding carboxylic acids is 1. The van der Waals surface area contributed by atoms with E-state index in [2.05, 4.69) is 5.32 Å². The minimum Gasteiger partial charge on any atom is -0.493 e. The van der Waals surface area contributed by atoms with E-state index in [0.29, 0.717) is 30.8 Å². The molecule has 1 aromatic carbocycles. The van der Waals surface area contributed by atoms with Gasteiger partial charge in [-0.1, -0.05) is 25.0 Å².